The van der Waals surface area contributed by atoms with Crippen molar-refractivity contribution in [3.8, 4) is 17.0 Å². The van der Waals surface area contributed by atoms with Crippen molar-refractivity contribution >= 4 is 21.6 Å². The molecule has 0 radical (unpaired) electrons. The maximum absolute atomic E-state index is 5.66. The van der Waals surface area contributed by atoms with Crippen molar-refractivity contribution in [3.05, 3.63) is 53.3 Å². The molecule has 0 N–H and O–H groups in total. The van der Waals surface area contributed by atoms with Gasteiger partial charge in [0.25, 0.3) is 0 Å². The lowest BCUT2D eigenvalue weighted by atomic mass is 10.1. The molecular formula is C16H15BrN2O. The van der Waals surface area contributed by atoms with Crippen LogP contribution in [0.5, 0.6) is 5.75 Å². The maximum atomic E-state index is 5.66. The van der Waals surface area contributed by atoms with Gasteiger partial charge in [-0.3, -0.25) is 4.40 Å². The Labute approximate surface area is 126 Å². The summed E-state index contributed by atoms with van der Waals surface area (Å²) in [7, 11) is 0. The first-order valence-electron chi connectivity index (χ1n) is 6.53. The van der Waals surface area contributed by atoms with E-state index in [1.807, 2.05) is 50.5 Å². The molecule has 0 fully saturated rings. The second-order valence-electron chi connectivity index (χ2n) is 4.91. The average Bonchev–Trinajstić information content (AvgIpc) is 2.82. The van der Waals surface area contributed by atoms with Crippen LogP contribution in [0.2, 0.25) is 0 Å². The number of nitrogens with zero attached hydrogens (tertiary/aromatic N) is 2. The van der Waals surface area contributed by atoms with E-state index in [9.17, 15) is 0 Å². The molecule has 3 aromatic rings. The zero-order valence-corrected chi connectivity index (χ0v) is 13.0. The number of halogens is 1. The molecule has 0 aliphatic heterocycles. The predicted molar refractivity (Wildman–Crippen MR) is 84.1 cm³/mol. The molecule has 0 saturated carbocycles. The van der Waals surface area contributed by atoms with Crippen LogP contribution in [0.4, 0.5) is 0 Å². The molecule has 0 amide bonds. The van der Waals surface area contributed by atoms with Crippen LogP contribution in [0.25, 0.3) is 16.9 Å². The van der Waals surface area contributed by atoms with Gasteiger partial charge in [0, 0.05) is 16.2 Å². The quantitative estimate of drug-likeness (QED) is 0.704. The fraction of sp³-hybridized carbons (Fsp3) is 0.188. The van der Waals surface area contributed by atoms with E-state index >= 15 is 0 Å². The van der Waals surface area contributed by atoms with Crippen molar-refractivity contribution in [1.82, 2.24) is 9.38 Å². The zero-order valence-electron chi connectivity index (χ0n) is 11.4. The van der Waals surface area contributed by atoms with Crippen LogP contribution in [-0.2, 0) is 0 Å². The molecule has 2 aromatic heterocycles. The average molecular weight is 331 g/mol. The van der Waals surface area contributed by atoms with E-state index in [4.69, 9.17) is 4.74 Å². The summed E-state index contributed by atoms with van der Waals surface area (Å²) in [6.07, 6.45) is 4.10. The van der Waals surface area contributed by atoms with E-state index in [2.05, 4.69) is 37.4 Å². The van der Waals surface area contributed by atoms with E-state index in [-0.39, 0.29) is 6.10 Å². The number of imidazole rings is 1. The Hall–Kier alpha value is -1.81. The molecule has 4 heteroatoms. The number of hydrogen-bond donors (Lipinski definition) is 0. The zero-order chi connectivity index (χ0) is 14.1. The van der Waals surface area contributed by atoms with Crippen molar-refractivity contribution < 1.29 is 4.74 Å². The highest BCUT2D eigenvalue weighted by molar-refractivity contribution is 9.10. The molecule has 0 aliphatic carbocycles. The Kier molecular flexibility index (Phi) is 3.49. The van der Waals surface area contributed by atoms with E-state index in [0.29, 0.717) is 0 Å². The molecule has 20 heavy (non-hydrogen) atoms. The summed E-state index contributed by atoms with van der Waals surface area (Å²) in [4.78, 5) is 4.42. The fourth-order valence-corrected chi connectivity index (χ4v) is 2.48. The lowest BCUT2D eigenvalue weighted by Gasteiger charge is -2.10. The first-order valence-corrected chi connectivity index (χ1v) is 7.32. The number of pyridine rings is 1. The van der Waals surface area contributed by atoms with Gasteiger partial charge in [-0.25, -0.2) is 4.98 Å². The van der Waals surface area contributed by atoms with Crippen molar-refractivity contribution in [2.24, 2.45) is 0 Å². The second kappa shape index (κ2) is 5.29. The van der Waals surface area contributed by atoms with Gasteiger partial charge < -0.3 is 4.74 Å². The Bertz CT molecular complexity index is 732. The summed E-state index contributed by atoms with van der Waals surface area (Å²) in [5.74, 6) is 0.888. The van der Waals surface area contributed by atoms with E-state index in [0.717, 1.165) is 27.1 Å². The van der Waals surface area contributed by atoms with Crippen LogP contribution in [-0.4, -0.2) is 15.5 Å². The highest BCUT2D eigenvalue weighted by atomic mass is 79.9. The molecule has 0 spiro atoms. The summed E-state index contributed by atoms with van der Waals surface area (Å²) in [5.41, 5.74) is 3.12. The van der Waals surface area contributed by atoms with Crippen LogP contribution in [0.3, 0.4) is 0 Å². The third-order valence-electron chi connectivity index (χ3n) is 2.99. The number of fused-ring (bicyclic) bond motifs is 1. The minimum atomic E-state index is 0.188. The van der Waals surface area contributed by atoms with Crippen molar-refractivity contribution in [3.63, 3.8) is 0 Å². The van der Waals surface area contributed by atoms with Crippen LogP contribution in [0.15, 0.2) is 53.3 Å². The first kappa shape index (κ1) is 13.2. The Morgan fingerprint density at radius 2 is 1.85 bits per heavy atom. The normalized spacial score (nSPS) is 11.2. The molecule has 3 rings (SSSR count). The molecule has 0 aliphatic rings. The van der Waals surface area contributed by atoms with Crippen molar-refractivity contribution in [1.29, 1.82) is 0 Å². The van der Waals surface area contributed by atoms with Gasteiger partial charge >= 0.3 is 0 Å². The van der Waals surface area contributed by atoms with Gasteiger partial charge in [-0.15, -0.1) is 0 Å². The summed E-state index contributed by atoms with van der Waals surface area (Å²) in [6.45, 7) is 4.05. The van der Waals surface area contributed by atoms with E-state index in [1.54, 1.807) is 0 Å². The summed E-state index contributed by atoms with van der Waals surface area (Å²) in [5, 5.41) is 0. The van der Waals surface area contributed by atoms with Gasteiger partial charge in [-0.2, -0.15) is 0 Å². The molecule has 0 bridgehead atoms. The number of ether oxygens (including phenoxy) is 1. The topological polar surface area (TPSA) is 26.5 Å². The Balaban J connectivity index is 2.00. The third-order valence-corrected chi connectivity index (χ3v) is 3.46. The molecule has 0 atom stereocenters. The molecule has 0 saturated heterocycles. The number of aromatic nitrogens is 2. The van der Waals surface area contributed by atoms with Crippen LogP contribution >= 0.6 is 15.9 Å². The van der Waals surface area contributed by atoms with Crippen molar-refractivity contribution in [2.75, 3.05) is 0 Å². The predicted octanol–water partition coefficient (Wildman–Crippen LogP) is 4.55. The standard InChI is InChI=1S/C16H15BrN2O/c1-11(2)20-14-6-3-12(4-7-14)15-9-18-16-8-5-13(17)10-19(15)16/h3-11H,1-2H3. The number of rotatable bonds is 3. The number of hydrogen-bond acceptors (Lipinski definition) is 2. The lowest BCUT2D eigenvalue weighted by Crippen LogP contribution is -2.05. The van der Waals surface area contributed by atoms with Crippen LogP contribution < -0.4 is 4.74 Å². The minimum absolute atomic E-state index is 0.188. The largest absolute Gasteiger partial charge is 0.491 e. The molecule has 0 unspecified atom stereocenters. The minimum Gasteiger partial charge on any atom is -0.491 e. The highest BCUT2D eigenvalue weighted by Crippen LogP contribution is 2.25. The van der Waals surface area contributed by atoms with Gasteiger partial charge in [-0.05, 0) is 66.2 Å². The molecule has 102 valence electrons. The smallest absolute Gasteiger partial charge is 0.137 e. The van der Waals surface area contributed by atoms with Gasteiger partial charge in [0.15, 0.2) is 0 Å². The van der Waals surface area contributed by atoms with E-state index < -0.39 is 0 Å². The summed E-state index contributed by atoms with van der Waals surface area (Å²) < 4.78 is 8.77. The monoisotopic (exact) mass is 330 g/mol. The molecule has 2 heterocycles. The van der Waals surface area contributed by atoms with Gasteiger partial charge in [-0.1, -0.05) is 0 Å². The van der Waals surface area contributed by atoms with Crippen molar-refractivity contribution in [2.45, 2.75) is 20.0 Å². The first-order chi connectivity index (χ1) is 9.63. The van der Waals surface area contributed by atoms with Gasteiger partial charge in [0.05, 0.1) is 18.0 Å². The van der Waals surface area contributed by atoms with Gasteiger partial charge in [0.1, 0.15) is 11.4 Å². The second-order valence-corrected chi connectivity index (χ2v) is 5.83. The fourth-order valence-electron chi connectivity index (χ4n) is 2.14. The lowest BCUT2D eigenvalue weighted by molar-refractivity contribution is 0.242. The van der Waals surface area contributed by atoms with Crippen LogP contribution in [0.1, 0.15) is 13.8 Å². The molecule has 1 aromatic carbocycles. The Morgan fingerprint density at radius 1 is 1.10 bits per heavy atom. The molecular weight excluding hydrogens is 316 g/mol. The Morgan fingerprint density at radius 3 is 2.55 bits per heavy atom. The van der Waals surface area contributed by atoms with Crippen LogP contribution in [0, 0.1) is 0 Å². The number of benzene rings is 1. The third kappa shape index (κ3) is 2.56. The maximum Gasteiger partial charge on any atom is 0.137 e. The highest BCUT2D eigenvalue weighted by Gasteiger charge is 2.06. The van der Waals surface area contributed by atoms with E-state index in [1.165, 1.54) is 0 Å². The summed E-state index contributed by atoms with van der Waals surface area (Å²) in [6, 6.07) is 12.1. The summed E-state index contributed by atoms with van der Waals surface area (Å²) >= 11 is 3.49. The van der Waals surface area contributed by atoms with Gasteiger partial charge in [0.2, 0.25) is 0 Å². The molecule has 3 nitrogen and oxygen atoms in total. The SMILES string of the molecule is CC(C)Oc1ccc(-c2cnc3ccc(Br)cn23)cc1.